The van der Waals surface area contributed by atoms with E-state index in [1.54, 1.807) is 0 Å². The molecule has 0 aromatic heterocycles. The molecule has 1 N–H and O–H groups in total. The van der Waals surface area contributed by atoms with Gasteiger partial charge in [0.1, 0.15) is 6.29 Å². The lowest BCUT2D eigenvalue weighted by atomic mass is 9.84. The largest absolute Gasteiger partial charge is 0.390 e. The molecule has 2 heteroatoms. The summed E-state index contributed by atoms with van der Waals surface area (Å²) in [5.41, 5.74) is -0.852. The van der Waals surface area contributed by atoms with Crippen molar-refractivity contribution < 1.29 is 9.90 Å². The highest BCUT2D eigenvalue weighted by molar-refractivity contribution is 5.66. The Bertz CT molecular complexity index is 218. The molecule has 1 rings (SSSR count). The van der Waals surface area contributed by atoms with E-state index in [1.807, 2.05) is 13.8 Å². The van der Waals surface area contributed by atoms with Crippen LogP contribution in [0, 0.1) is 10.8 Å². The lowest BCUT2D eigenvalue weighted by molar-refractivity contribution is -0.116. The van der Waals surface area contributed by atoms with Gasteiger partial charge in [0.25, 0.3) is 0 Å². The second-order valence-corrected chi connectivity index (χ2v) is 5.36. The number of carbonyl (C=O) groups excluding carboxylic acids is 1. The van der Waals surface area contributed by atoms with Gasteiger partial charge in [0.05, 0.1) is 5.60 Å². The molecule has 1 saturated carbocycles. The van der Waals surface area contributed by atoms with Crippen molar-refractivity contribution in [3.63, 3.8) is 0 Å². The van der Waals surface area contributed by atoms with Crippen LogP contribution in [0.4, 0.5) is 0 Å². The summed E-state index contributed by atoms with van der Waals surface area (Å²) in [4.78, 5) is 11.0. The Hall–Kier alpha value is -0.370. The standard InChI is InChI=1S/C11H20O2/c1-5-10(4,13)7-11(8-12)6-9(11,2)3/h8,13H,5-7H2,1-4H3. The van der Waals surface area contributed by atoms with Crippen LogP contribution in [-0.4, -0.2) is 17.0 Å². The van der Waals surface area contributed by atoms with Gasteiger partial charge in [-0.15, -0.1) is 0 Å². The molecule has 0 heterocycles. The molecule has 0 spiro atoms. The maximum absolute atomic E-state index is 11.0. The zero-order valence-electron chi connectivity index (χ0n) is 9.05. The van der Waals surface area contributed by atoms with E-state index < -0.39 is 5.60 Å². The van der Waals surface area contributed by atoms with Crippen molar-refractivity contribution in [2.45, 2.75) is 52.6 Å². The van der Waals surface area contributed by atoms with Crippen molar-refractivity contribution in [3.8, 4) is 0 Å². The van der Waals surface area contributed by atoms with Crippen LogP contribution in [-0.2, 0) is 4.79 Å². The number of aliphatic hydroxyl groups is 1. The van der Waals surface area contributed by atoms with Crippen LogP contribution in [0.3, 0.4) is 0 Å². The molecule has 0 amide bonds. The van der Waals surface area contributed by atoms with Crippen molar-refractivity contribution in [2.75, 3.05) is 0 Å². The highest BCUT2D eigenvalue weighted by Crippen LogP contribution is 2.65. The Morgan fingerprint density at radius 2 is 2.00 bits per heavy atom. The summed E-state index contributed by atoms with van der Waals surface area (Å²) in [5, 5.41) is 9.90. The Kier molecular flexibility index (Phi) is 2.31. The molecule has 2 atom stereocenters. The quantitative estimate of drug-likeness (QED) is 0.680. The molecule has 0 aromatic rings. The lowest BCUT2D eigenvalue weighted by Crippen LogP contribution is -2.30. The highest BCUT2D eigenvalue weighted by Gasteiger charge is 2.62. The van der Waals surface area contributed by atoms with E-state index in [1.165, 1.54) is 0 Å². The third kappa shape index (κ3) is 1.78. The van der Waals surface area contributed by atoms with Crippen molar-refractivity contribution >= 4 is 6.29 Å². The van der Waals surface area contributed by atoms with Crippen molar-refractivity contribution in [1.29, 1.82) is 0 Å². The topological polar surface area (TPSA) is 37.3 Å². The summed E-state index contributed by atoms with van der Waals surface area (Å²) in [5.74, 6) is 0. The lowest BCUT2D eigenvalue weighted by Gasteiger charge is -2.26. The molecule has 1 aliphatic rings. The molecule has 13 heavy (non-hydrogen) atoms. The maximum atomic E-state index is 11.0. The molecule has 2 nitrogen and oxygen atoms in total. The first-order chi connectivity index (χ1) is 5.79. The Morgan fingerprint density at radius 1 is 1.54 bits per heavy atom. The van der Waals surface area contributed by atoms with Crippen molar-refractivity contribution in [1.82, 2.24) is 0 Å². The Morgan fingerprint density at radius 3 is 2.23 bits per heavy atom. The molecule has 1 fully saturated rings. The SMILES string of the molecule is CCC(C)(O)CC1(C=O)CC1(C)C. The van der Waals surface area contributed by atoms with Crippen LogP contribution in [0.15, 0.2) is 0 Å². The minimum Gasteiger partial charge on any atom is -0.390 e. The number of rotatable bonds is 4. The van der Waals surface area contributed by atoms with Gasteiger partial charge in [0.2, 0.25) is 0 Å². The minimum atomic E-state index is -0.686. The van der Waals surface area contributed by atoms with Gasteiger partial charge in [0, 0.05) is 5.41 Å². The number of aldehydes is 1. The second-order valence-electron chi connectivity index (χ2n) is 5.36. The summed E-state index contributed by atoms with van der Waals surface area (Å²) in [6.07, 6.45) is 3.27. The zero-order valence-corrected chi connectivity index (χ0v) is 9.05. The fourth-order valence-electron chi connectivity index (χ4n) is 2.09. The zero-order chi connectivity index (χ0) is 10.3. The molecule has 1 aliphatic carbocycles. The first-order valence-corrected chi connectivity index (χ1v) is 4.97. The summed E-state index contributed by atoms with van der Waals surface area (Å²) < 4.78 is 0. The van der Waals surface area contributed by atoms with Crippen LogP contribution in [0.2, 0.25) is 0 Å². The van der Waals surface area contributed by atoms with Gasteiger partial charge in [0.15, 0.2) is 0 Å². The fraction of sp³-hybridized carbons (Fsp3) is 0.909. The third-order valence-electron chi connectivity index (χ3n) is 3.66. The normalized spacial score (nSPS) is 35.2. The molecule has 0 bridgehead atoms. The number of carbonyl (C=O) groups is 1. The Labute approximate surface area is 80.3 Å². The van der Waals surface area contributed by atoms with Gasteiger partial charge in [-0.25, -0.2) is 0 Å². The van der Waals surface area contributed by atoms with E-state index in [9.17, 15) is 9.90 Å². The minimum absolute atomic E-state index is 0.0912. The van der Waals surface area contributed by atoms with Crippen molar-refractivity contribution in [3.05, 3.63) is 0 Å². The van der Waals surface area contributed by atoms with E-state index in [4.69, 9.17) is 0 Å². The maximum Gasteiger partial charge on any atom is 0.126 e. The van der Waals surface area contributed by atoms with Crippen LogP contribution < -0.4 is 0 Å². The van der Waals surface area contributed by atoms with Gasteiger partial charge in [-0.2, -0.15) is 0 Å². The molecule has 2 unspecified atom stereocenters. The smallest absolute Gasteiger partial charge is 0.126 e. The number of hydrogen-bond donors (Lipinski definition) is 1. The van der Waals surface area contributed by atoms with E-state index in [2.05, 4.69) is 13.8 Å². The van der Waals surface area contributed by atoms with E-state index in [0.717, 1.165) is 12.7 Å². The van der Waals surface area contributed by atoms with Crippen LogP contribution in [0.1, 0.15) is 47.0 Å². The average molecular weight is 184 g/mol. The third-order valence-corrected chi connectivity index (χ3v) is 3.66. The van der Waals surface area contributed by atoms with Gasteiger partial charge < -0.3 is 9.90 Å². The predicted molar refractivity (Wildman–Crippen MR) is 52.4 cm³/mol. The first kappa shape index (κ1) is 10.7. The second kappa shape index (κ2) is 2.81. The first-order valence-electron chi connectivity index (χ1n) is 4.97. The number of hydrogen-bond acceptors (Lipinski definition) is 2. The van der Waals surface area contributed by atoms with E-state index in [0.29, 0.717) is 12.8 Å². The molecule has 0 aromatic carbocycles. The molecular formula is C11H20O2. The summed E-state index contributed by atoms with van der Waals surface area (Å²) in [6, 6.07) is 0. The van der Waals surface area contributed by atoms with Crippen LogP contribution in [0.5, 0.6) is 0 Å². The molecule has 0 saturated heterocycles. The van der Waals surface area contributed by atoms with Crippen LogP contribution >= 0.6 is 0 Å². The van der Waals surface area contributed by atoms with Gasteiger partial charge in [-0.3, -0.25) is 0 Å². The average Bonchev–Trinajstić information content (AvgIpc) is 2.53. The summed E-state index contributed by atoms with van der Waals surface area (Å²) >= 11 is 0. The molecular weight excluding hydrogens is 164 g/mol. The Balaban J connectivity index is 2.69. The van der Waals surface area contributed by atoms with Crippen molar-refractivity contribution in [2.24, 2.45) is 10.8 Å². The monoisotopic (exact) mass is 184 g/mol. The predicted octanol–water partition coefficient (Wildman–Crippen LogP) is 2.15. The van der Waals surface area contributed by atoms with Gasteiger partial charge in [-0.1, -0.05) is 20.8 Å². The van der Waals surface area contributed by atoms with Crippen LogP contribution in [0.25, 0.3) is 0 Å². The van der Waals surface area contributed by atoms with E-state index in [-0.39, 0.29) is 10.8 Å². The highest BCUT2D eigenvalue weighted by atomic mass is 16.3. The molecule has 0 aliphatic heterocycles. The molecule has 76 valence electrons. The van der Waals surface area contributed by atoms with Gasteiger partial charge >= 0.3 is 0 Å². The molecule has 0 radical (unpaired) electrons. The fourth-order valence-corrected chi connectivity index (χ4v) is 2.09. The van der Waals surface area contributed by atoms with E-state index >= 15 is 0 Å². The van der Waals surface area contributed by atoms with Gasteiger partial charge in [-0.05, 0) is 31.6 Å². The summed E-state index contributed by atoms with van der Waals surface area (Å²) in [6.45, 7) is 7.95. The summed E-state index contributed by atoms with van der Waals surface area (Å²) in [7, 11) is 0.